The van der Waals surface area contributed by atoms with Crippen molar-refractivity contribution in [3.63, 3.8) is 0 Å². The van der Waals surface area contributed by atoms with E-state index in [1.807, 2.05) is 6.92 Å². The van der Waals surface area contributed by atoms with Crippen LogP contribution in [0.3, 0.4) is 0 Å². The fraction of sp³-hybridized carbons (Fsp3) is 0.190. The molecule has 9 heteroatoms. The van der Waals surface area contributed by atoms with Crippen LogP contribution < -0.4 is 15.0 Å². The summed E-state index contributed by atoms with van der Waals surface area (Å²) in [6.45, 7) is 2.20. The molecule has 1 N–H and O–H groups in total. The molecule has 0 bridgehead atoms. The average molecular weight is 449 g/mol. The Morgan fingerprint density at radius 1 is 1.07 bits per heavy atom. The number of carbonyl (C=O) groups excluding carboxylic acids is 3. The molecule has 0 saturated carbocycles. The van der Waals surface area contributed by atoms with Crippen molar-refractivity contribution < 1.29 is 23.9 Å². The Kier molecular flexibility index (Phi) is 6.64. The molecule has 2 aromatic rings. The molecule has 2 aromatic carbocycles. The van der Waals surface area contributed by atoms with Crippen LogP contribution in [0.5, 0.6) is 5.75 Å². The van der Waals surface area contributed by atoms with Gasteiger partial charge in [0, 0.05) is 5.02 Å². The van der Waals surface area contributed by atoms with Gasteiger partial charge in [-0.05, 0) is 48.9 Å². The molecule has 1 aliphatic heterocycles. The van der Waals surface area contributed by atoms with E-state index in [4.69, 9.17) is 32.7 Å². The first-order chi connectivity index (χ1) is 14.4. The van der Waals surface area contributed by atoms with Gasteiger partial charge in [0.25, 0.3) is 11.8 Å². The minimum Gasteiger partial charge on any atom is -0.495 e. The number of nitrogens with zero attached hydrogens (tertiary/aromatic N) is 1. The monoisotopic (exact) mass is 448 g/mol. The topological polar surface area (TPSA) is 84.9 Å². The van der Waals surface area contributed by atoms with Gasteiger partial charge in [-0.15, -0.1) is 0 Å². The smallest absolute Gasteiger partial charge is 0.338 e. The molecule has 0 atom stereocenters. The van der Waals surface area contributed by atoms with Crippen LogP contribution in [0.15, 0.2) is 53.2 Å². The fourth-order valence-electron chi connectivity index (χ4n) is 2.78. The van der Waals surface area contributed by atoms with Crippen molar-refractivity contribution in [1.29, 1.82) is 0 Å². The number of esters is 1. The first kappa shape index (κ1) is 21.7. The highest BCUT2D eigenvalue weighted by Crippen LogP contribution is 2.34. The van der Waals surface area contributed by atoms with Crippen LogP contribution in [0, 0.1) is 0 Å². The highest BCUT2D eigenvalue weighted by atomic mass is 35.5. The highest BCUT2D eigenvalue weighted by molar-refractivity contribution is 6.53. The SMILES string of the molecule is CCCOC(=O)c1ccc(N2C(=O)C(Cl)=C(Nc3cc(Cl)ccc3OC)C2=O)cc1. The van der Waals surface area contributed by atoms with Gasteiger partial charge in [0.2, 0.25) is 0 Å². The predicted octanol–water partition coefficient (Wildman–Crippen LogP) is 4.35. The summed E-state index contributed by atoms with van der Waals surface area (Å²) in [5.74, 6) is -1.39. The van der Waals surface area contributed by atoms with E-state index in [0.29, 0.717) is 35.1 Å². The number of amides is 2. The number of rotatable bonds is 7. The average Bonchev–Trinajstić information content (AvgIpc) is 2.95. The Morgan fingerprint density at radius 2 is 1.77 bits per heavy atom. The van der Waals surface area contributed by atoms with E-state index in [0.717, 1.165) is 4.90 Å². The molecule has 0 spiro atoms. The molecule has 1 heterocycles. The molecular formula is C21H18Cl2N2O5. The minimum atomic E-state index is -0.688. The first-order valence-electron chi connectivity index (χ1n) is 9.03. The molecule has 0 fully saturated rings. The molecule has 156 valence electrons. The second-order valence-corrected chi connectivity index (χ2v) is 7.10. The van der Waals surface area contributed by atoms with E-state index < -0.39 is 17.8 Å². The number of methoxy groups -OCH3 is 1. The summed E-state index contributed by atoms with van der Waals surface area (Å²) >= 11 is 12.2. The summed E-state index contributed by atoms with van der Waals surface area (Å²) in [6, 6.07) is 10.7. The predicted molar refractivity (Wildman–Crippen MR) is 114 cm³/mol. The van der Waals surface area contributed by atoms with Gasteiger partial charge in [0.1, 0.15) is 16.5 Å². The van der Waals surface area contributed by atoms with Crippen molar-refractivity contribution >= 4 is 52.4 Å². The Balaban J connectivity index is 1.84. The third-order valence-electron chi connectivity index (χ3n) is 4.25. The lowest BCUT2D eigenvalue weighted by atomic mass is 10.2. The van der Waals surface area contributed by atoms with Gasteiger partial charge in [-0.2, -0.15) is 0 Å². The highest BCUT2D eigenvalue weighted by Gasteiger charge is 2.39. The van der Waals surface area contributed by atoms with Crippen LogP contribution in [-0.4, -0.2) is 31.5 Å². The van der Waals surface area contributed by atoms with Gasteiger partial charge in [-0.25, -0.2) is 9.69 Å². The quantitative estimate of drug-likeness (QED) is 0.500. The Morgan fingerprint density at radius 3 is 2.40 bits per heavy atom. The Bertz CT molecular complexity index is 1030. The number of halogens is 2. The standard InChI is InChI=1S/C21H18Cl2N2O5/c1-3-10-30-21(28)12-4-7-14(8-5-12)25-19(26)17(23)18(20(25)27)24-15-11-13(22)6-9-16(15)29-2/h4-9,11,24H,3,10H2,1-2H3. The molecular weight excluding hydrogens is 431 g/mol. The second kappa shape index (κ2) is 9.19. The minimum absolute atomic E-state index is 0.103. The van der Waals surface area contributed by atoms with E-state index in [9.17, 15) is 14.4 Å². The molecule has 0 aliphatic carbocycles. The zero-order chi connectivity index (χ0) is 21.8. The summed E-state index contributed by atoms with van der Waals surface area (Å²) in [6.07, 6.45) is 0.706. The summed E-state index contributed by atoms with van der Waals surface area (Å²) in [7, 11) is 1.46. The second-order valence-electron chi connectivity index (χ2n) is 6.29. The van der Waals surface area contributed by atoms with E-state index in [-0.39, 0.29) is 16.4 Å². The molecule has 30 heavy (non-hydrogen) atoms. The van der Waals surface area contributed by atoms with Crippen LogP contribution in [-0.2, 0) is 14.3 Å². The third kappa shape index (κ3) is 4.27. The number of anilines is 2. The van der Waals surface area contributed by atoms with Crippen molar-refractivity contribution in [3.8, 4) is 5.75 Å². The Hall–Kier alpha value is -3.03. The lowest BCUT2D eigenvalue weighted by Crippen LogP contribution is -2.32. The maximum absolute atomic E-state index is 12.9. The van der Waals surface area contributed by atoms with Crippen molar-refractivity contribution in [1.82, 2.24) is 0 Å². The van der Waals surface area contributed by atoms with E-state index in [1.54, 1.807) is 18.2 Å². The van der Waals surface area contributed by atoms with Gasteiger partial charge in [-0.3, -0.25) is 9.59 Å². The molecule has 0 unspecified atom stereocenters. The van der Waals surface area contributed by atoms with E-state index in [1.165, 1.54) is 31.4 Å². The lowest BCUT2D eigenvalue weighted by molar-refractivity contribution is -0.120. The van der Waals surface area contributed by atoms with Gasteiger partial charge < -0.3 is 14.8 Å². The summed E-state index contributed by atoms with van der Waals surface area (Å²) in [5.41, 5.74) is 0.862. The van der Waals surface area contributed by atoms with Crippen LogP contribution in [0.1, 0.15) is 23.7 Å². The number of hydrogen-bond acceptors (Lipinski definition) is 6. The maximum atomic E-state index is 12.9. The molecule has 0 aromatic heterocycles. The summed E-state index contributed by atoms with van der Waals surface area (Å²) < 4.78 is 10.3. The molecule has 7 nitrogen and oxygen atoms in total. The zero-order valence-corrected chi connectivity index (χ0v) is 17.7. The Labute approximate surface area is 183 Å². The molecule has 2 amide bonds. The van der Waals surface area contributed by atoms with Crippen LogP contribution in [0.2, 0.25) is 5.02 Å². The molecule has 0 radical (unpaired) electrons. The first-order valence-corrected chi connectivity index (χ1v) is 9.79. The number of nitrogens with one attached hydrogen (secondary N) is 1. The van der Waals surface area contributed by atoms with Crippen LogP contribution in [0.25, 0.3) is 0 Å². The molecule has 1 aliphatic rings. The van der Waals surface area contributed by atoms with Crippen molar-refractivity contribution in [3.05, 3.63) is 63.8 Å². The van der Waals surface area contributed by atoms with Crippen molar-refractivity contribution in [2.45, 2.75) is 13.3 Å². The molecule has 0 saturated heterocycles. The van der Waals surface area contributed by atoms with Crippen LogP contribution >= 0.6 is 23.2 Å². The number of hydrogen-bond donors (Lipinski definition) is 1. The summed E-state index contributed by atoms with van der Waals surface area (Å²) in [4.78, 5) is 38.4. The molecule has 3 rings (SSSR count). The van der Waals surface area contributed by atoms with Gasteiger partial charge in [-0.1, -0.05) is 30.1 Å². The number of carbonyl (C=O) groups is 3. The summed E-state index contributed by atoms with van der Waals surface area (Å²) in [5, 5.41) is 2.98. The largest absolute Gasteiger partial charge is 0.495 e. The van der Waals surface area contributed by atoms with Gasteiger partial charge in [0.15, 0.2) is 0 Å². The van der Waals surface area contributed by atoms with Gasteiger partial charge in [0.05, 0.1) is 30.7 Å². The van der Waals surface area contributed by atoms with Crippen LogP contribution in [0.4, 0.5) is 11.4 Å². The third-order valence-corrected chi connectivity index (χ3v) is 4.83. The fourth-order valence-corrected chi connectivity index (χ4v) is 3.17. The normalized spacial score (nSPS) is 13.7. The number of ether oxygens (including phenoxy) is 2. The number of imide groups is 1. The number of benzene rings is 2. The maximum Gasteiger partial charge on any atom is 0.338 e. The van der Waals surface area contributed by atoms with E-state index in [2.05, 4.69) is 5.32 Å². The van der Waals surface area contributed by atoms with E-state index >= 15 is 0 Å². The van der Waals surface area contributed by atoms with Crippen molar-refractivity contribution in [2.75, 3.05) is 23.9 Å². The lowest BCUT2D eigenvalue weighted by Gasteiger charge is -2.16. The zero-order valence-electron chi connectivity index (χ0n) is 16.2. The van der Waals surface area contributed by atoms with Crippen molar-refractivity contribution in [2.24, 2.45) is 0 Å². The van der Waals surface area contributed by atoms with Gasteiger partial charge >= 0.3 is 5.97 Å².